The molecule has 0 aliphatic heterocycles. The van der Waals surface area contributed by atoms with Crippen LogP contribution < -0.4 is 0 Å². The third-order valence-electron chi connectivity index (χ3n) is 1.97. The SMILES string of the molecule is CC(=O)C(C=O)n1c([N+](=O)[O-])cnc1C. The zero-order valence-corrected chi connectivity index (χ0v) is 8.21. The Balaban J connectivity index is 3.32. The second kappa shape index (κ2) is 3.99. The van der Waals surface area contributed by atoms with E-state index >= 15 is 0 Å². The van der Waals surface area contributed by atoms with E-state index in [0.29, 0.717) is 6.29 Å². The zero-order chi connectivity index (χ0) is 11.6. The molecule has 0 saturated heterocycles. The average Bonchev–Trinajstić information content (AvgIpc) is 2.49. The topological polar surface area (TPSA) is 95.1 Å². The average molecular weight is 211 g/mol. The lowest BCUT2D eigenvalue weighted by molar-refractivity contribution is -0.392. The number of carbonyl (C=O) groups is 2. The number of hydrogen-bond donors (Lipinski definition) is 0. The highest BCUT2D eigenvalue weighted by Crippen LogP contribution is 2.19. The van der Waals surface area contributed by atoms with Crippen molar-refractivity contribution in [3.05, 3.63) is 22.1 Å². The van der Waals surface area contributed by atoms with Gasteiger partial charge in [0.15, 0.2) is 17.9 Å². The van der Waals surface area contributed by atoms with Crippen LogP contribution in [0.5, 0.6) is 0 Å². The Hall–Kier alpha value is -2.05. The van der Waals surface area contributed by atoms with E-state index < -0.39 is 16.7 Å². The summed E-state index contributed by atoms with van der Waals surface area (Å²) in [6.45, 7) is 2.69. The van der Waals surface area contributed by atoms with E-state index in [1.165, 1.54) is 13.8 Å². The van der Waals surface area contributed by atoms with Crippen LogP contribution in [0.4, 0.5) is 5.82 Å². The minimum Gasteiger partial charge on any atom is -0.358 e. The number of nitro groups is 1. The number of rotatable bonds is 4. The minimum atomic E-state index is -1.17. The van der Waals surface area contributed by atoms with Gasteiger partial charge in [-0.05, 0) is 11.8 Å². The van der Waals surface area contributed by atoms with Crippen molar-refractivity contribution in [3.63, 3.8) is 0 Å². The molecule has 1 aromatic rings. The number of hydrogen-bond acceptors (Lipinski definition) is 5. The third-order valence-corrected chi connectivity index (χ3v) is 1.97. The molecule has 80 valence electrons. The molecule has 0 N–H and O–H groups in total. The molecular weight excluding hydrogens is 202 g/mol. The molecule has 0 aliphatic rings. The number of ketones is 1. The number of imidazole rings is 1. The van der Waals surface area contributed by atoms with E-state index in [9.17, 15) is 19.7 Å². The van der Waals surface area contributed by atoms with Gasteiger partial charge in [-0.1, -0.05) is 0 Å². The summed E-state index contributed by atoms with van der Waals surface area (Å²) < 4.78 is 1.01. The minimum absolute atomic E-state index is 0.258. The molecule has 1 atom stereocenters. The number of aromatic nitrogens is 2. The lowest BCUT2D eigenvalue weighted by Crippen LogP contribution is -2.20. The quantitative estimate of drug-likeness (QED) is 0.311. The maximum atomic E-state index is 11.1. The molecule has 7 heteroatoms. The normalized spacial score (nSPS) is 12.1. The van der Waals surface area contributed by atoms with Crippen molar-refractivity contribution in [2.75, 3.05) is 0 Å². The summed E-state index contributed by atoms with van der Waals surface area (Å²) in [7, 11) is 0. The second-order valence-corrected chi connectivity index (χ2v) is 2.98. The Morgan fingerprint density at radius 2 is 2.33 bits per heavy atom. The van der Waals surface area contributed by atoms with Crippen molar-refractivity contribution in [3.8, 4) is 0 Å². The molecule has 0 radical (unpaired) electrons. The molecule has 1 aromatic heterocycles. The van der Waals surface area contributed by atoms with Crippen LogP contribution in [-0.4, -0.2) is 26.5 Å². The van der Waals surface area contributed by atoms with Crippen LogP contribution in [0.2, 0.25) is 0 Å². The molecule has 7 nitrogen and oxygen atoms in total. The molecular formula is C8H9N3O4. The van der Waals surface area contributed by atoms with Crippen LogP contribution in [0, 0.1) is 17.0 Å². The molecule has 0 aliphatic carbocycles. The maximum Gasteiger partial charge on any atom is 0.343 e. The first kappa shape index (κ1) is 11.0. The Morgan fingerprint density at radius 1 is 1.73 bits per heavy atom. The lowest BCUT2D eigenvalue weighted by atomic mass is 10.2. The van der Waals surface area contributed by atoms with E-state index in [1.807, 2.05) is 0 Å². The van der Waals surface area contributed by atoms with Crippen molar-refractivity contribution in [2.24, 2.45) is 0 Å². The molecule has 1 heterocycles. The highest BCUT2D eigenvalue weighted by Gasteiger charge is 2.28. The van der Waals surface area contributed by atoms with Crippen molar-refractivity contribution in [1.29, 1.82) is 0 Å². The largest absolute Gasteiger partial charge is 0.358 e. The highest BCUT2D eigenvalue weighted by molar-refractivity contribution is 5.94. The Kier molecular flexibility index (Phi) is 2.93. The van der Waals surface area contributed by atoms with Crippen LogP contribution >= 0.6 is 0 Å². The first-order valence-electron chi connectivity index (χ1n) is 4.13. The van der Waals surface area contributed by atoms with Gasteiger partial charge < -0.3 is 10.1 Å². The lowest BCUT2D eigenvalue weighted by Gasteiger charge is -2.06. The fourth-order valence-electron chi connectivity index (χ4n) is 1.26. The van der Waals surface area contributed by atoms with Crippen molar-refractivity contribution in [2.45, 2.75) is 19.9 Å². The number of carbonyl (C=O) groups excluding carboxylic acids is 2. The van der Waals surface area contributed by atoms with Crippen molar-refractivity contribution in [1.82, 2.24) is 9.55 Å². The summed E-state index contributed by atoms with van der Waals surface area (Å²) in [6.07, 6.45) is 1.39. The standard InChI is InChI=1S/C8H9N3O4/c1-5(13)7(4-12)10-6(2)9-3-8(10)11(14)15/h3-4,7H,1-2H3. The smallest absolute Gasteiger partial charge is 0.343 e. The Bertz CT molecular complexity index is 424. The molecule has 0 amide bonds. The molecule has 1 rings (SSSR count). The van der Waals surface area contributed by atoms with Gasteiger partial charge in [0.1, 0.15) is 6.20 Å². The van der Waals surface area contributed by atoms with Gasteiger partial charge in [0.2, 0.25) is 6.04 Å². The van der Waals surface area contributed by atoms with E-state index in [-0.39, 0.29) is 11.6 Å². The van der Waals surface area contributed by atoms with Crippen LogP contribution in [0.3, 0.4) is 0 Å². The summed E-state index contributed by atoms with van der Waals surface area (Å²) in [5.41, 5.74) is 0. The zero-order valence-electron chi connectivity index (χ0n) is 8.21. The number of aryl methyl sites for hydroxylation is 1. The third kappa shape index (κ3) is 1.90. The van der Waals surface area contributed by atoms with Crippen LogP contribution in [0.15, 0.2) is 6.20 Å². The van der Waals surface area contributed by atoms with Crippen molar-refractivity contribution < 1.29 is 14.5 Å². The fraction of sp³-hybridized carbons (Fsp3) is 0.375. The van der Waals surface area contributed by atoms with Crippen LogP contribution in [-0.2, 0) is 9.59 Å². The van der Waals surface area contributed by atoms with Crippen LogP contribution in [0.1, 0.15) is 18.8 Å². The van der Waals surface area contributed by atoms with E-state index in [2.05, 4.69) is 4.98 Å². The monoisotopic (exact) mass is 211 g/mol. The van der Waals surface area contributed by atoms with Gasteiger partial charge in [-0.2, -0.15) is 4.57 Å². The Labute approximate surface area is 84.9 Å². The van der Waals surface area contributed by atoms with Gasteiger partial charge >= 0.3 is 5.82 Å². The van der Waals surface area contributed by atoms with Gasteiger partial charge in [0.05, 0.1) is 0 Å². The van der Waals surface area contributed by atoms with Crippen molar-refractivity contribution >= 4 is 17.9 Å². The van der Waals surface area contributed by atoms with Gasteiger partial charge in [-0.15, -0.1) is 0 Å². The second-order valence-electron chi connectivity index (χ2n) is 2.98. The summed E-state index contributed by atoms with van der Waals surface area (Å²) in [4.78, 5) is 35.4. The predicted octanol–water partition coefficient (Wildman–Crippen LogP) is 0.429. The number of nitrogens with zero attached hydrogens (tertiary/aromatic N) is 3. The van der Waals surface area contributed by atoms with Gasteiger partial charge in [0.25, 0.3) is 0 Å². The predicted molar refractivity (Wildman–Crippen MR) is 49.4 cm³/mol. The summed E-state index contributed by atoms with van der Waals surface area (Å²) >= 11 is 0. The van der Waals surface area contributed by atoms with E-state index in [4.69, 9.17) is 0 Å². The van der Waals surface area contributed by atoms with Gasteiger partial charge in [-0.25, -0.2) is 4.98 Å². The van der Waals surface area contributed by atoms with E-state index in [0.717, 1.165) is 10.8 Å². The van der Waals surface area contributed by atoms with E-state index in [1.54, 1.807) is 0 Å². The Morgan fingerprint density at radius 3 is 2.73 bits per heavy atom. The molecule has 0 aromatic carbocycles. The first-order valence-corrected chi connectivity index (χ1v) is 4.13. The molecule has 0 spiro atoms. The molecule has 0 saturated carbocycles. The highest BCUT2D eigenvalue weighted by atomic mass is 16.6. The summed E-state index contributed by atoms with van der Waals surface area (Å²) in [5.74, 6) is -0.567. The first-order chi connectivity index (χ1) is 6.99. The van der Waals surface area contributed by atoms with Crippen LogP contribution in [0.25, 0.3) is 0 Å². The van der Waals surface area contributed by atoms with Gasteiger partial charge in [-0.3, -0.25) is 9.59 Å². The molecule has 1 unspecified atom stereocenters. The summed E-state index contributed by atoms with van der Waals surface area (Å²) in [5, 5.41) is 10.6. The maximum absolute atomic E-state index is 11.1. The summed E-state index contributed by atoms with van der Waals surface area (Å²) in [6, 6.07) is -1.17. The molecule has 0 fully saturated rings. The van der Waals surface area contributed by atoms with Gasteiger partial charge in [0, 0.05) is 6.92 Å². The fourth-order valence-corrected chi connectivity index (χ4v) is 1.26. The molecule has 0 bridgehead atoms. The number of Topliss-reactive ketones (excluding diaryl/α,β-unsaturated/α-hetero) is 1. The number of aldehydes is 1. The molecule has 15 heavy (non-hydrogen) atoms.